The monoisotopic (exact) mass is 382 g/mol. The van der Waals surface area contributed by atoms with E-state index in [1.165, 1.54) is 44.9 Å². The van der Waals surface area contributed by atoms with Gasteiger partial charge in [0.2, 0.25) is 5.91 Å². The molecule has 0 N–H and O–H groups in total. The summed E-state index contributed by atoms with van der Waals surface area (Å²) in [6, 6.07) is 4.14. The second-order valence-electron chi connectivity index (χ2n) is 9.96. The van der Waals surface area contributed by atoms with Crippen LogP contribution in [-0.4, -0.2) is 47.2 Å². The molecule has 4 fully saturated rings. The number of carbonyl (C=O) groups is 1. The number of aromatic nitrogens is 2. The number of nitrogens with zero attached hydrogens (tertiary/aromatic N) is 4. The molecule has 2 saturated carbocycles. The van der Waals surface area contributed by atoms with E-state index in [9.17, 15) is 4.79 Å². The Morgan fingerprint density at radius 1 is 0.929 bits per heavy atom. The van der Waals surface area contributed by atoms with Crippen LogP contribution >= 0.6 is 0 Å². The van der Waals surface area contributed by atoms with Crippen LogP contribution in [0, 0.1) is 30.1 Å². The van der Waals surface area contributed by atoms with Gasteiger partial charge in [-0.1, -0.05) is 0 Å². The van der Waals surface area contributed by atoms with Crippen LogP contribution in [0.5, 0.6) is 0 Å². The van der Waals surface area contributed by atoms with Crippen LogP contribution in [0.2, 0.25) is 0 Å². The molecule has 0 bridgehead atoms. The predicted octanol–water partition coefficient (Wildman–Crippen LogP) is 3.82. The Hall–Kier alpha value is -1.65. The Kier molecular flexibility index (Phi) is 4.80. The molecular formula is C23H34N4O. The molecule has 1 aromatic rings. The minimum absolute atomic E-state index is 0.326. The van der Waals surface area contributed by atoms with E-state index >= 15 is 0 Å². The van der Waals surface area contributed by atoms with Crippen LogP contribution < -0.4 is 4.90 Å². The summed E-state index contributed by atoms with van der Waals surface area (Å²) in [4.78, 5) is 17.6. The second kappa shape index (κ2) is 7.31. The number of hydrogen-bond acceptors (Lipinski definition) is 4. The predicted molar refractivity (Wildman–Crippen MR) is 110 cm³/mol. The lowest BCUT2D eigenvalue weighted by atomic mass is 9.79. The first-order chi connectivity index (χ1) is 13.6. The number of likely N-dealkylation sites (tertiary alicyclic amines) is 1. The third-order valence-electron chi connectivity index (χ3n) is 8.20. The standard InChI is InChI=1S/C23H34N4O/c1-17-2-3-21(25-24-17)26-13-6-18(7-14-26)20-8-15-27(16-20)22(28)19-4-9-23(10-5-19)11-12-23/h2-3,18-20H,4-16H2,1H3. The zero-order valence-corrected chi connectivity index (χ0v) is 17.3. The molecule has 1 amide bonds. The first-order valence-electron chi connectivity index (χ1n) is 11.5. The SMILES string of the molecule is Cc1ccc(N2CCC(C3CCN(C(=O)C4CCC5(CC4)CC5)C3)CC2)nn1. The van der Waals surface area contributed by atoms with Crippen molar-refractivity contribution < 1.29 is 4.79 Å². The van der Waals surface area contributed by atoms with Crippen molar-refractivity contribution in [2.75, 3.05) is 31.1 Å². The van der Waals surface area contributed by atoms with Gasteiger partial charge in [0.1, 0.15) is 0 Å². The highest BCUT2D eigenvalue weighted by Gasteiger charge is 2.46. The molecule has 152 valence electrons. The van der Waals surface area contributed by atoms with E-state index in [1.807, 2.05) is 13.0 Å². The first kappa shape index (κ1) is 18.4. The molecule has 0 radical (unpaired) electrons. The van der Waals surface area contributed by atoms with Crippen LogP contribution in [0.4, 0.5) is 5.82 Å². The van der Waals surface area contributed by atoms with Crippen molar-refractivity contribution >= 4 is 11.7 Å². The average Bonchev–Trinajstić information content (AvgIpc) is 3.30. The highest BCUT2D eigenvalue weighted by molar-refractivity contribution is 5.79. The second-order valence-corrected chi connectivity index (χ2v) is 9.96. The van der Waals surface area contributed by atoms with Crippen LogP contribution in [0.15, 0.2) is 12.1 Å². The summed E-state index contributed by atoms with van der Waals surface area (Å²) in [6.07, 6.45) is 11.4. The van der Waals surface area contributed by atoms with Gasteiger partial charge in [-0.25, -0.2) is 0 Å². The van der Waals surface area contributed by atoms with E-state index in [4.69, 9.17) is 0 Å². The van der Waals surface area contributed by atoms with Crippen molar-refractivity contribution in [1.82, 2.24) is 15.1 Å². The number of amides is 1. The zero-order chi connectivity index (χ0) is 19.1. The normalized spacial score (nSPS) is 28.1. The van der Waals surface area contributed by atoms with Crippen molar-refractivity contribution in [3.8, 4) is 0 Å². The van der Waals surface area contributed by atoms with E-state index in [-0.39, 0.29) is 0 Å². The lowest BCUT2D eigenvalue weighted by Crippen LogP contribution is -2.39. The number of piperidine rings is 1. The Bertz CT molecular complexity index is 696. The summed E-state index contributed by atoms with van der Waals surface area (Å²) in [5.41, 5.74) is 1.65. The Labute approximate surface area is 168 Å². The van der Waals surface area contributed by atoms with E-state index < -0.39 is 0 Å². The summed E-state index contributed by atoms with van der Waals surface area (Å²) in [6.45, 7) is 6.12. The topological polar surface area (TPSA) is 49.3 Å². The molecule has 3 heterocycles. The van der Waals surface area contributed by atoms with Gasteiger partial charge in [-0.05, 0) is 94.1 Å². The lowest BCUT2D eigenvalue weighted by Gasteiger charge is -2.35. The third kappa shape index (κ3) is 3.65. The number of hydrogen-bond donors (Lipinski definition) is 0. The van der Waals surface area contributed by atoms with Gasteiger partial charge in [0, 0.05) is 32.1 Å². The fourth-order valence-corrected chi connectivity index (χ4v) is 5.94. The Morgan fingerprint density at radius 3 is 2.29 bits per heavy atom. The van der Waals surface area contributed by atoms with Gasteiger partial charge >= 0.3 is 0 Å². The lowest BCUT2D eigenvalue weighted by molar-refractivity contribution is -0.136. The molecular weight excluding hydrogens is 348 g/mol. The minimum atomic E-state index is 0.326. The van der Waals surface area contributed by atoms with Crippen LogP contribution in [-0.2, 0) is 4.79 Å². The molecule has 4 aliphatic rings. The van der Waals surface area contributed by atoms with Crippen LogP contribution in [0.25, 0.3) is 0 Å². The summed E-state index contributed by atoms with van der Waals surface area (Å²) in [7, 11) is 0. The van der Waals surface area contributed by atoms with Gasteiger partial charge in [-0.2, -0.15) is 5.10 Å². The van der Waals surface area contributed by atoms with E-state index in [2.05, 4.69) is 26.1 Å². The molecule has 1 aromatic heterocycles. The molecule has 5 nitrogen and oxygen atoms in total. The molecule has 0 aromatic carbocycles. The van der Waals surface area contributed by atoms with E-state index in [1.54, 1.807) is 0 Å². The largest absolute Gasteiger partial charge is 0.355 e. The summed E-state index contributed by atoms with van der Waals surface area (Å²) in [5, 5.41) is 8.55. The number of carbonyl (C=O) groups excluding carboxylic acids is 1. The minimum Gasteiger partial charge on any atom is -0.355 e. The summed E-state index contributed by atoms with van der Waals surface area (Å²) in [5.74, 6) is 3.28. The van der Waals surface area contributed by atoms with Gasteiger partial charge in [0.05, 0.1) is 5.69 Å². The molecule has 2 saturated heterocycles. The third-order valence-corrected chi connectivity index (χ3v) is 8.20. The van der Waals surface area contributed by atoms with Gasteiger partial charge in [0.25, 0.3) is 0 Å². The van der Waals surface area contributed by atoms with Crippen LogP contribution in [0.1, 0.15) is 63.5 Å². The van der Waals surface area contributed by atoms with Crippen molar-refractivity contribution in [3.63, 3.8) is 0 Å². The van der Waals surface area contributed by atoms with Crippen molar-refractivity contribution in [3.05, 3.63) is 17.8 Å². The molecule has 1 unspecified atom stereocenters. The Morgan fingerprint density at radius 2 is 1.64 bits per heavy atom. The van der Waals surface area contributed by atoms with Gasteiger partial charge < -0.3 is 9.80 Å². The number of aryl methyl sites for hydroxylation is 1. The number of rotatable bonds is 3. The highest BCUT2D eigenvalue weighted by atomic mass is 16.2. The summed E-state index contributed by atoms with van der Waals surface area (Å²) < 4.78 is 0. The molecule has 2 aliphatic carbocycles. The van der Waals surface area contributed by atoms with Crippen molar-refractivity contribution in [2.45, 2.75) is 64.7 Å². The zero-order valence-electron chi connectivity index (χ0n) is 17.3. The molecule has 5 rings (SSSR count). The van der Waals surface area contributed by atoms with Crippen LogP contribution in [0.3, 0.4) is 0 Å². The van der Waals surface area contributed by atoms with Gasteiger partial charge in [-0.3, -0.25) is 4.79 Å². The van der Waals surface area contributed by atoms with E-state index in [0.717, 1.165) is 56.5 Å². The first-order valence-corrected chi connectivity index (χ1v) is 11.5. The quantitative estimate of drug-likeness (QED) is 0.797. The fraction of sp³-hybridized carbons (Fsp3) is 0.783. The highest BCUT2D eigenvalue weighted by Crippen LogP contribution is 2.57. The maximum atomic E-state index is 13.0. The van der Waals surface area contributed by atoms with Gasteiger partial charge in [0.15, 0.2) is 5.82 Å². The average molecular weight is 383 g/mol. The Balaban J connectivity index is 1.11. The fourth-order valence-electron chi connectivity index (χ4n) is 5.94. The maximum absolute atomic E-state index is 13.0. The molecule has 1 atom stereocenters. The molecule has 28 heavy (non-hydrogen) atoms. The molecule has 1 spiro atoms. The summed E-state index contributed by atoms with van der Waals surface area (Å²) >= 11 is 0. The van der Waals surface area contributed by atoms with E-state index in [0.29, 0.717) is 23.2 Å². The molecule has 2 aliphatic heterocycles. The number of anilines is 1. The van der Waals surface area contributed by atoms with Crippen molar-refractivity contribution in [2.24, 2.45) is 23.2 Å². The maximum Gasteiger partial charge on any atom is 0.225 e. The smallest absolute Gasteiger partial charge is 0.225 e. The van der Waals surface area contributed by atoms with Gasteiger partial charge in [-0.15, -0.1) is 5.10 Å². The van der Waals surface area contributed by atoms with Crippen molar-refractivity contribution in [1.29, 1.82) is 0 Å². The molecule has 5 heteroatoms.